The molecule has 0 bridgehead atoms. The minimum Gasteiger partial charge on any atom is -0.355 e. The predicted octanol–water partition coefficient (Wildman–Crippen LogP) is 0.466. The molecular weight excluding hydrogens is 373 g/mol. The van der Waals surface area contributed by atoms with Gasteiger partial charge in [-0.25, -0.2) is 4.79 Å². The van der Waals surface area contributed by atoms with E-state index in [4.69, 9.17) is 4.84 Å². The molecule has 0 aromatic rings. The van der Waals surface area contributed by atoms with Crippen LogP contribution in [0.5, 0.6) is 0 Å². The lowest BCUT2D eigenvalue weighted by molar-refractivity contribution is -0.186. The number of carbonyl (C=O) groups excluding carboxylic acids is 4. The Kier molecular flexibility index (Phi) is 7.98. The molecule has 2 fully saturated rings. The van der Waals surface area contributed by atoms with Crippen LogP contribution in [0.3, 0.4) is 0 Å². The first kappa shape index (κ1) is 21.9. The van der Waals surface area contributed by atoms with Gasteiger partial charge in [0.25, 0.3) is 5.91 Å². The molecule has 9 heteroatoms. The SMILES string of the molecule is C=C1CCC(=O)N1O[13C](=O)[13CH2][13CH2][15NH][13C](=O)[13CH2][13CH2]NC(=O)C1CCC[15N]1[13CH](C)C. The second kappa shape index (κ2) is 10.2. The van der Waals surface area contributed by atoms with Crippen LogP contribution in [0.2, 0.25) is 0 Å². The van der Waals surface area contributed by atoms with Crippen LogP contribution >= 0.6 is 0 Å². The Balaban J connectivity index is 1.58. The first-order valence-corrected chi connectivity index (χ1v) is 9.81. The average Bonchev–Trinajstić information content (AvgIpc) is 3.24. The number of likely N-dealkylation sites (tertiary alicyclic amines) is 1. The van der Waals surface area contributed by atoms with Crippen molar-refractivity contribution in [1.82, 2.24) is 20.6 Å². The molecule has 0 aromatic heterocycles. The predicted molar refractivity (Wildman–Crippen MR) is 101 cm³/mol. The van der Waals surface area contributed by atoms with E-state index in [1.807, 2.05) is 0 Å². The fraction of sp³-hybridized carbons (Fsp3) is 0.684. The van der Waals surface area contributed by atoms with Crippen LogP contribution in [0.25, 0.3) is 0 Å². The van der Waals surface area contributed by atoms with Gasteiger partial charge >= 0.3 is 5.97 Å². The van der Waals surface area contributed by atoms with Crippen molar-refractivity contribution < 1.29 is 24.0 Å². The van der Waals surface area contributed by atoms with Gasteiger partial charge in [0.15, 0.2) is 0 Å². The Morgan fingerprint density at radius 2 is 1.89 bits per heavy atom. The van der Waals surface area contributed by atoms with E-state index in [1.54, 1.807) is 0 Å². The molecule has 0 saturated carbocycles. The third-order valence-electron chi connectivity index (χ3n) is 4.90. The van der Waals surface area contributed by atoms with E-state index in [9.17, 15) is 19.2 Å². The summed E-state index contributed by atoms with van der Waals surface area (Å²) in [6.45, 7) is 9.07. The highest BCUT2D eigenvalue weighted by Crippen LogP contribution is 2.21. The molecule has 0 spiro atoms. The molecule has 2 aliphatic rings. The number of rotatable bonds is 9. The summed E-state index contributed by atoms with van der Waals surface area (Å²) in [5, 5.41) is 6.33. The van der Waals surface area contributed by atoms with E-state index >= 15 is 0 Å². The van der Waals surface area contributed by atoms with Crippen LogP contribution in [0.1, 0.15) is 52.4 Å². The molecule has 28 heavy (non-hydrogen) atoms. The van der Waals surface area contributed by atoms with Gasteiger partial charge in [-0.15, -0.1) is 5.06 Å². The highest BCUT2D eigenvalue weighted by Gasteiger charge is 2.32. The van der Waals surface area contributed by atoms with E-state index in [1.165, 1.54) is 0 Å². The molecule has 0 radical (unpaired) electrons. The molecule has 3 amide bonds. The number of nitrogens with one attached hydrogen (secondary N) is 2. The zero-order chi connectivity index (χ0) is 20.7. The van der Waals surface area contributed by atoms with Crippen molar-refractivity contribution in [1.29, 1.82) is 0 Å². The topological polar surface area (TPSA) is 108 Å². The van der Waals surface area contributed by atoms with E-state index < -0.39 is 5.97 Å². The first-order chi connectivity index (χ1) is 13.3. The molecule has 2 saturated heterocycles. The lowest BCUT2D eigenvalue weighted by Gasteiger charge is -2.27. The number of carbonyl (C=O) groups is 4. The van der Waals surface area contributed by atoms with Crippen LogP contribution in [0, 0.1) is 0 Å². The number of hydrogen-bond acceptors (Lipinski definition) is 6. The second-order valence-electron chi connectivity index (χ2n) is 7.35. The number of hydroxylamine groups is 2. The van der Waals surface area contributed by atoms with Crippen molar-refractivity contribution in [3.63, 3.8) is 0 Å². The Hall–Kier alpha value is -2.42. The molecule has 2 N–H and O–H groups in total. The number of allylic oxidation sites excluding steroid dienone is 1. The molecule has 2 aliphatic heterocycles. The van der Waals surface area contributed by atoms with Crippen molar-refractivity contribution in [3.8, 4) is 0 Å². The summed E-state index contributed by atoms with van der Waals surface area (Å²) < 4.78 is 0. The Labute approximate surface area is 165 Å². The van der Waals surface area contributed by atoms with Crippen molar-refractivity contribution in [2.75, 3.05) is 19.6 Å². The molecule has 1 unspecified atom stereocenters. The fourth-order valence-electron chi connectivity index (χ4n) is 3.39. The molecule has 0 aliphatic carbocycles. The Bertz CT molecular complexity index is 618. The van der Waals surface area contributed by atoms with Crippen molar-refractivity contribution in [3.05, 3.63) is 12.3 Å². The van der Waals surface area contributed by atoms with Crippen LogP contribution in [-0.2, 0) is 24.0 Å². The van der Waals surface area contributed by atoms with Crippen LogP contribution < -0.4 is 10.6 Å². The monoisotopic (exact) mass is 403 g/mol. The lowest BCUT2D eigenvalue weighted by Crippen LogP contribution is -2.46. The molecule has 1 atom stereocenters. The highest BCUT2D eigenvalue weighted by atomic mass is 16.8. The molecule has 0 aromatic carbocycles. The van der Waals surface area contributed by atoms with Gasteiger partial charge in [0.05, 0.1) is 18.2 Å². The smallest absolute Gasteiger partial charge is 0.334 e. The number of nitrogens with zero attached hydrogens (tertiary/aromatic N) is 2. The van der Waals surface area contributed by atoms with Crippen molar-refractivity contribution in [2.24, 2.45) is 0 Å². The third-order valence-corrected chi connectivity index (χ3v) is 4.90. The molecule has 9 nitrogen and oxygen atoms in total. The van der Waals surface area contributed by atoms with Gasteiger partial charge in [-0.1, -0.05) is 6.58 Å². The molecular formula is C19H30N4O5. The summed E-state index contributed by atoms with van der Waals surface area (Å²) in [6, 6.07) is 0.190. The minimum absolute atomic E-state index is 0.0434. The molecule has 2 heterocycles. The molecule has 2 rings (SSSR count). The normalized spacial score (nSPS) is 20.0. The van der Waals surface area contributed by atoms with Gasteiger partial charge in [-0.05, 0) is 39.7 Å². The lowest BCUT2D eigenvalue weighted by atomic mass is 10.2. The minimum atomic E-state index is -0.611. The maximum Gasteiger partial charge on any atom is 0.334 e. The van der Waals surface area contributed by atoms with Gasteiger partial charge in [-0.3, -0.25) is 19.3 Å². The highest BCUT2D eigenvalue weighted by molar-refractivity contribution is 5.83. The number of amides is 3. The van der Waals surface area contributed by atoms with Crippen LogP contribution in [0.15, 0.2) is 12.3 Å². The third kappa shape index (κ3) is 6.05. The summed E-state index contributed by atoms with van der Waals surface area (Å²) in [6.07, 6.45) is 2.68. The number of hydrogen-bond donors (Lipinski definition) is 2. The van der Waals surface area contributed by atoms with E-state index in [0.29, 0.717) is 18.2 Å². The first-order valence-electron chi connectivity index (χ1n) is 9.81. The molecule has 156 valence electrons. The maximum atomic E-state index is 12.3. The van der Waals surface area contributed by atoms with Crippen molar-refractivity contribution in [2.45, 2.75) is 64.5 Å². The Morgan fingerprint density at radius 3 is 2.54 bits per heavy atom. The van der Waals surface area contributed by atoms with E-state index in [2.05, 4.69) is 36.0 Å². The average molecular weight is 403 g/mol. The summed E-state index contributed by atoms with van der Waals surface area (Å²) in [7, 11) is 0. The maximum absolute atomic E-state index is 12.3. The quantitative estimate of drug-likeness (QED) is 0.428. The van der Waals surface area contributed by atoms with Gasteiger partial charge in [0.1, 0.15) is 0 Å². The van der Waals surface area contributed by atoms with Gasteiger partial charge < -0.3 is 15.5 Å². The van der Waals surface area contributed by atoms with Crippen molar-refractivity contribution >= 4 is 23.7 Å². The van der Waals surface area contributed by atoms with Gasteiger partial charge in [-0.2, -0.15) is 0 Å². The second-order valence-corrected chi connectivity index (χ2v) is 7.35. The van der Waals surface area contributed by atoms with Crippen LogP contribution in [-0.4, -0.2) is 65.4 Å². The van der Waals surface area contributed by atoms with Gasteiger partial charge in [0.2, 0.25) is 11.8 Å². The van der Waals surface area contributed by atoms with Gasteiger partial charge in [0, 0.05) is 32.0 Å². The van der Waals surface area contributed by atoms with E-state index in [0.717, 1.165) is 24.4 Å². The summed E-state index contributed by atoms with van der Waals surface area (Å²) in [5.74, 6) is -1.21. The largest absolute Gasteiger partial charge is 0.355 e. The summed E-state index contributed by atoms with van der Waals surface area (Å²) >= 11 is 0. The van der Waals surface area contributed by atoms with E-state index in [-0.39, 0.29) is 56.1 Å². The zero-order valence-corrected chi connectivity index (χ0v) is 16.7. The summed E-state index contributed by atoms with van der Waals surface area (Å²) in [5.41, 5.74) is 0.455. The fourth-order valence-corrected chi connectivity index (χ4v) is 3.39. The zero-order valence-electron chi connectivity index (χ0n) is 16.7. The standard InChI is InChI=1S/C19H30N4O5/c1-13(2)22-12-4-5-15(22)19(27)21-10-8-16(24)20-11-9-18(26)28-23-14(3)6-7-17(23)25/h13,15H,3-12H2,1-2H3,(H,20,24)(H,21,27)/i8+1,9+1,10+1,11+1,13+1,16+1,18+1,20+1,22+1. The Morgan fingerprint density at radius 1 is 1.18 bits per heavy atom. The van der Waals surface area contributed by atoms with Crippen LogP contribution in [0.4, 0.5) is 0 Å². The summed E-state index contributed by atoms with van der Waals surface area (Å²) in [4.78, 5) is 54.5.